The molecular weight excluding hydrogens is 243 g/mol. The van der Waals surface area contributed by atoms with Crippen LogP contribution in [0, 0.1) is 5.92 Å². The number of hydrogen-bond donors (Lipinski definition) is 0. The Bertz CT molecular complexity index is 136. The van der Waals surface area contributed by atoms with Crippen LogP contribution in [0.1, 0.15) is 19.8 Å². The van der Waals surface area contributed by atoms with Gasteiger partial charge in [0.05, 0.1) is 5.92 Å². The molecule has 0 aromatic rings. The van der Waals surface area contributed by atoms with Crippen LogP contribution in [0.3, 0.4) is 0 Å². The molecule has 0 aromatic heterocycles. The van der Waals surface area contributed by atoms with E-state index in [0.717, 1.165) is 17.3 Å². The molecule has 3 heteroatoms. The van der Waals surface area contributed by atoms with E-state index in [2.05, 4.69) is 22.6 Å². The number of rotatable bonds is 1. The molecule has 0 saturated carbocycles. The molecule has 0 aliphatic carbocycles. The fourth-order valence-corrected chi connectivity index (χ4v) is 1.62. The lowest BCUT2D eigenvalue weighted by molar-refractivity contribution is -0.157. The van der Waals surface area contributed by atoms with Crippen LogP contribution in [0.25, 0.3) is 0 Å². The lowest BCUT2D eigenvalue weighted by atomic mass is 10.0. The fourth-order valence-electron chi connectivity index (χ4n) is 1.00. The van der Waals surface area contributed by atoms with Gasteiger partial charge in [-0.15, -0.1) is 0 Å². The van der Waals surface area contributed by atoms with E-state index in [1.807, 2.05) is 6.92 Å². The second-order valence-corrected chi connectivity index (χ2v) is 3.57. The molecule has 1 heterocycles. The quantitative estimate of drug-likeness (QED) is 0.405. The maximum atomic E-state index is 10.9. The van der Waals surface area contributed by atoms with E-state index < -0.39 is 0 Å². The van der Waals surface area contributed by atoms with Gasteiger partial charge in [0.15, 0.2) is 0 Å². The SMILES string of the molecule is C[C@@H]1CC[C@H](CI)OC1=O. The van der Waals surface area contributed by atoms with Crippen molar-refractivity contribution in [3.63, 3.8) is 0 Å². The average molecular weight is 254 g/mol. The Kier molecular flexibility index (Phi) is 2.95. The van der Waals surface area contributed by atoms with Gasteiger partial charge in [-0.05, 0) is 12.8 Å². The highest BCUT2D eigenvalue weighted by Gasteiger charge is 2.25. The first-order valence-corrected chi connectivity index (χ1v) is 5.03. The smallest absolute Gasteiger partial charge is 0.308 e. The van der Waals surface area contributed by atoms with Gasteiger partial charge in [-0.2, -0.15) is 0 Å². The third-order valence-corrected chi connectivity index (χ3v) is 2.76. The first-order valence-electron chi connectivity index (χ1n) is 3.50. The third-order valence-electron chi connectivity index (χ3n) is 1.78. The van der Waals surface area contributed by atoms with Gasteiger partial charge < -0.3 is 4.74 Å². The van der Waals surface area contributed by atoms with Crippen LogP contribution >= 0.6 is 22.6 Å². The van der Waals surface area contributed by atoms with E-state index in [0.29, 0.717) is 0 Å². The molecule has 0 spiro atoms. The first-order chi connectivity index (χ1) is 4.74. The minimum atomic E-state index is -0.0204. The normalized spacial score (nSPS) is 33.6. The van der Waals surface area contributed by atoms with Crippen molar-refractivity contribution in [3.8, 4) is 0 Å². The van der Waals surface area contributed by atoms with Crippen molar-refractivity contribution in [2.75, 3.05) is 4.43 Å². The summed E-state index contributed by atoms with van der Waals surface area (Å²) in [6.07, 6.45) is 2.21. The Labute approximate surface area is 74.5 Å². The van der Waals surface area contributed by atoms with E-state index in [1.54, 1.807) is 0 Å². The van der Waals surface area contributed by atoms with E-state index in [9.17, 15) is 4.79 Å². The lowest BCUT2D eigenvalue weighted by Gasteiger charge is -2.24. The molecule has 1 fully saturated rings. The Morgan fingerprint density at radius 3 is 2.90 bits per heavy atom. The fraction of sp³-hybridized carbons (Fsp3) is 0.857. The molecular formula is C7H11IO2. The monoisotopic (exact) mass is 254 g/mol. The molecule has 58 valence electrons. The van der Waals surface area contributed by atoms with Crippen molar-refractivity contribution in [3.05, 3.63) is 0 Å². The maximum Gasteiger partial charge on any atom is 0.308 e. The molecule has 0 amide bonds. The van der Waals surface area contributed by atoms with Crippen molar-refractivity contribution >= 4 is 28.6 Å². The second-order valence-electron chi connectivity index (χ2n) is 2.69. The highest BCUT2D eigenvalue weighted by atomic mass is 127. The molecule has 2 nitrogen and oxygen atoms in total. The van der Waals surface area contributed by atoms with Crippen molar-refractivity contribution in [1.82, 2.24) is 0 Å². The van der Waals surface area contributed by atoms with E-state index in [-0.39, 0.29) is 18.0 Å². The van der Waals surface area contributed by atoms with Crippen molar-refractivity contribution in [1.29, 1.82) is 0 Å². The zero-order valence-corrected chi connectivity index (χ0v) is 8.13. The van der Waals surface area contributed by atoms with Crippen LogP contribution < -0.4 is 0 Å². The first kappa shape index (κ1) is 8.30. The predicted molar refractivity (Wildman–Crippen MR) is 47.2 cm³/mol. The molecule has 1 rings (SSSR count). The summed E-state index contributed by atoms with van der Waals surface area (Å²) in [6.45, 7) is 1.92. The number of halogens is 1. The van der Waals surface area contributed by atoms with Gasteiger partial charge in [-0.3, -0.25) is 4.79 Å². The Hall–Kier alpha value is 0.200. The molecule has 1 aliphatic rings. The molecule has 1 saturated heterocycles. The number of cyclic esters (lactones) is 1. The Morgan fingerprint density at radius 1 is 1.70 bits per heavy atom. The second kappa shape index (κ2) is 3.55. The summed E-state index contributed by atoms with van der Waals surface area (Å²) >= 11 is 2.25. The van der Waals surface area contributed by atoms with Crippen LogP contribution in [0.4, 0.5) is 0 Å². The number of esters is 1. The molecule has 0 radical (unpaired) electrons. The van der Waals surface area contributed by atoms with Gasteiger partial charge in [0, 0.05) is 4.43 Å². The number of ether oxygens (including phenoxy) is 1. The van der Waals surface area contributed by atoms with Crippen LogP contribution in [-0.4, -0.2) is 16.5 Å². The van der Waals surface area contributed by atoms with E-state index in [1.165, 1.54) is 0 Å². The minimum Gasteiger partial charge on any atom is -0.461 e. The van der Waals surface area contributed by atoms with Crippen molar-refractivity contribution in [2.45, 2.75) is 25.9 Å². The van der Waals surface area contributed by atoms with Crippen LogP contribution in [0.15, 0.2) is 0 Å². The van der Waals surface area contributed by atoms with Gasteiger partial charge in [0.1, 0.15) is 6.10 Å². The highest BCUT2D eigenvalue weighted by molar-refractivity contribution is 14.1. The van der Waals surface area contributed by atoms with E-state index in [4.69, 9.17) is 4.74 Å². The van der Waals surface area contributed by atoms with Gasteiger partial charge in [-0.25, -0.2) is 0 Å². The summed E-state index contributed by atoms with van der Waals surface area (Å²) in [5.74, 6) is 0.104. The zero-order chi connectivity index (χ0) is 7.56. The molecule has 0 unspecified atom stereocenters. The number of carbonyl (C=O) groups is 1. The molecule has 0 N–H and O–H groups in total. The van der Waals surface area contributed by atoms with Crippen LogP contribution in [0.2, 0.25) is 0 Å². The molecule has 0 bridgehead atoms. The summed E-state index contributed by atoms with van der Waals surface area (Å²) in [6, 6.07) is 0. The molecule has 10 heavy (non-hydrogen) atoms. The summed E-state index contributed by atoms with van der Waals surface area (Å²) in [5, 5.41) is 0. The lowest BCUT2D eigenvalue weighted by Crippen LogP contribution is -2.30. The largest absolute Gasteiger partial charge is 0.461 e. The maximum absolute atomic E-state index is 10.9. The number of alkyl halides is 1. The Balaban J connectivity index is 2.41. The van der Waals surface area contributed by atoms with Gasteiger partial charge in [0.25, 0.3) is 0 Å². The number of hydrogen-bond acceptors (Lipinski definition) is 2. The van der Waals surface area contributed by atoms with Gasteiger partial charge in [0.2, 0.25) is 0 Å². The van der Waals surface area contributed by atoms with Crippen LogP contribution in [0.5, 0.6) is 0 Å². The highest BCUT2D eigenvalue weighted by Crippen LogP contribution is 2.20. The predicted octanol–water partition coefficient (Wildman–Crippen LogP) is 1.76. The Morgan fingerprint density at radius 2 is 2.40 bits per heavy atom. The molecule has 2 atom stereocenters. The van der Waals surface area contributed by atoms with Gasteiger partial charge >= 0.3 is 5.97 Å². The van der Waals surface area contributed by atoms with Crippen molar-refractivity contribution < 1.29 is 9.53 Å². The summed E-state index contributed by atoms with van der Waals surface area (Å²) in [5.41, 5.74) is 0. The third kappa shape index (κ3) is 1.84. The van der Waals surface area contributed by atoms with Crippen molar-refractivity contribution in [2.24, 2.45) is 5.92 Å². The minimum absolute atomic E-state index is 0.0204. The van der Waals surface area contributed by atoms with E-state index >= 15 is 0 Å². The van der Waals surface area contributed by atoms with Gasteiger partial charge in [-0.1, -0.05) is 29.5 Å². The standard InChI is InChI=1S/C7H11IO2/c1-5-2-3-6(4-8)10-7(5)9/h5-6H,2-4H2,1H3/t5-,6-/m1/s1. The topological polar surface area (TPSA) is 26.3 Å². The van der Waals surface area contributed by atoms with Crippen LogP contribution in [-0.2, 0) is 9.53 Å². The molecule has 1 aliphatic heterocycles. The average Bonchev–Trinajstić information content (AvgIpc) is 1.95. The summed E-state index contributed by atoms with van der Waals surface area (Å²) in [7, 11) is 0. The zero-order valence-electron chi connectivity index (χ0n) is 5.97. The number of carbonyl (C=O) groups excluding carboxylic acids is 1. The summed E-state index contributed by atoms with van der Waals surface area (Å²) in [4.78, 5) is 10.9. The molecule has 0 aromatic carbocycles. The summed E-state index contributed by atoms with van der Waals surface area (Å²) < 4.78 is 6.03.